The molecule has 0 saturated carbocycles. The van der Waals surface area contributed by atoms with Crippen molar-refractivity contribution in [2.75, 3.05) is 7.11 Å². The normalized spacial score (nSPS) is 10.8. The van der Waals surface area contributed by atoms with Gasteiger partial charge in [-0.15, -0.1) is 5.10 Å². The number of carbonyl (C=O) groups is 1. The molecule has 0 spiro atoms. The van der Waals surface area contributed by atoms with Crippen molar-refractivity contribution in [2.24, 2.45) is 0 Å². The van der Waals surface area contributed by atoms with Crippen molar-refractivity contribution in [3.8, 4) is 5.69 Å². The fourth-order valence-corrected chi connectivity index (χ4v) is 2.99. The third kappa shape index (κ3) is 4.41. The summed E-state index contributed by atoms with van der Waals surface area (Å²) in [6.45, 7) is 6.81. The fraction of sp³-hybridized carbons (Fsp3) is 0.286. The number of carbonyl (C=O) groups excluding carboxylic acids is 1. The van der Waals surface area contributed by atoms with E-state index in [1.807, 2.05) is 50.2 Å². The Kier molecular flexibility index (Phi) is 5.66. The van der Waals surface area contributed by atoms with Crippen molar-refractivity contribution < 1.29 is 9.53 Å². The maximum atomic E-state index is 12.6. The van der Waals surface area contributed by atoms with Gasteiger partial charge in [-0.3, -0.25) is 4.79 Å². The van der Waals surface area contributed by atoms with Gasteiger partial charge in [0.25, 0.3) is 5.91 Å². The van der Waals surface area contributed by atoms with E-state index in [0.717, 1.165) is 22.4 Å². The molecule has 0 fully saturated rings. The average molecular weight is 364 g/mol. The molecule has 0 saturated heterocycles. The van der Waals surface area contributed by atoms with Crippen LogP contribution in [0.4, 0.5) is 0 Å². The van der Waals surface area contributed by atoms with Crippen LogP contribution in [0.3, 0.4) is 0 Å². The number of hydrogen-bond donors (Lipinski definition) is 1. The smallest absolute Gasteiger partial charge is 0.274 e. The van der Waals surface area contributed by atoms with E-state index in [-0.39, 0.29) is 5.91 Å². The zero-order valence-corrected chi connectivity index (χ0v) is 16.1. The number of aromatic nitrogens is 3. The van der Waals surface area contributed by atoms with Crippen LogP contribution in [0.1, 0.15) is 38.4 Å². The van der Waals surface area contributed by atoms with Gasteiger partial charge in [-0.1, -0.05) is 42.0 Å². The van der Waals surface area contributed by atoms with Gasteiger partial charge in [-0.2, -0.15) is 9.90 Å². The lowest BCUT2D eigenvalue weighted by Gasteiger charge is -2.06. The topological polar surface area (TPSA) is 69.0 Å². The number of hydrogen-bond acceptors (Lipinski definition) is 4. The first-order valence-corrected chi connectivity index (χ1v) is 8.84. The molecule has 3 aromatic rings. The molecular formula is C21H24N4O2. The molecule has 1 heterocycles. The zero-order valence-electron chi connectivity index (χ0n) is 16.1. The SMILES string of the molecule is COCc1cccc(CNC(=O)c2nn(-c3ccc(C)cc3C)nc2C)c1. The number of benzene rings is 2. The third-order valence-electron chi connectivity index (χ3n) is 4.32. The molecule has 140 valence electrons. The molecule has 27 heavy (non-hydrogen) atoms. The first kappa shape index (κ1) is 18.8. The van der Waals surface area contributed by atoms with E-state index in [4.69, 9.17) is 4.74 Å². The molecule has 0 aliphatic carbocycles. The number of aryl methyl sites for hydroxylation is 3. The lowest BCUT2D eigenvalue weighted by molar-refractivity contribution is 0.0945. The van der Waals surface area contributed by atoms with Gasteiger partial charge in [0.05, 0.1) is 18.0 Å². The molecule has 0 unspecified atom stereocenters. The van der Waals surface area contributed by atoms with Gasteiger partial charge >= 0.3 is 0 Å². The predicted octanol–water partition coefficient (Wildman–Crippen LogP) is 3.27. The van der Waals surface area contributed by atoms with Crippen molar-refractivity contribution >= 4 is 5.91 Å². The lowest BCUT2D eigenvalue weighted by Crippen LogP contribution is -2.24. The highest BCUT2D eigenvalue weighted by molar-refractivity contribution is 5.93. The summed E-state index contributed by atoms with van der Waals surface area (Å²) in [7, 11) is 1.66. The third-order valence-corrected chi connectivity index (χ3v) is 4.32. The Balaban J connectivity index is 1.74. The molecule has 2 aromatic carbocycles. The Bertz CT molecular complexity index is 963. The quantitative estimate of drug-likeness (QED) is 0.729. The number of rotatable bonds is 6. The van der Waals surface area contributed by atoms with Crippen LogP contribution in [-0.4, -0.2) is 28.0 Å². The summed E-state index contributed by atoms with van der Waals surface area (Å²) in [4.78, 5) is 14.1. The zero-order chi connectivity index (χ0) is 19.4. The van der Waals surface area contributed by atoms with Crippen LogP contribution in [0.15, 0.2) is 42.5 Å². The minimum Gasteiger partial charge on any atom is -0.380 e. The summed E-state index contributed by atoms with van der Waals surface area (Å²) >= 11 is 0. The van der Waals surface area contributed by atoms with E-state index in [1.54, 1.807) is 14.0 Å². The number of methoxy groups -OCH3 is 1. The number of amides is 1. The molecule has 0 atom stereocenters. The second-order valence-corrected chi connectivity index (χ2v) is 6.65. The Hall–Kier alpha value is -2.99. The summed E-state index contributed by atoms with van der Waals surface area (Å²) in [6.07, 6.45) is 0. The van der Waals surface area contributed by atoms with Crippen molar-refractivity contribution in [1.82, 2.24) is 20.3 Å². The second kappa shape index (κ2) is 8.14. The van der Waals surface area contributed by atoms with Crippen LogP contribution in [0.2, 0.25) is 0 Å². The molecular weight excluding hydrogens is 340 g/mol. The van der Waals surface area contributed by atoms with Gasteiger partial charge in [0.2, 0.25) is 0 Å². The first-order chi connectivity index (χ1) is 13.0. The van der Waals surface area contributed by atoms with Gasteiger partial charge in [0, 0.05) is 13.7 Å². The van der Waals surface area contributed by atoms with E-state index in [9.17, 15) is 4.79 Å². The average Bonchev–Trinajstić information content (AvgIpc) is 3.02. The summed E-state index contributed by atoms with van der Waals surface area (Å²) in [6, 6.07) is 14.0. The summed E-state index contributed by atoms with van der Waals surface area (Å²) in [5.41, 5.74) is 6.12. The van der Waals surface area contributed by atoms with E-state index in [0.29, 0.717) is 24.5 Å². The Morgan fingerprint density at radius 1 is 1.07 bits per heavy atom. The number of ether oxygens (including phenoxy) is 1. The molecule has 1 N–H and O–H groups in total. The van der Waals surface area contributed by atoms with Crippen molar-refractivity contribution in [1.29, 1.82) is 0 Å². The maximum absolute atomic E-state index is 12.6. The van der Waals surface area contributed by atoms with E-state index in [2.05, 4.69) is 21.6 Å². The van der Waals surface area contributed by atoms with E-state index < -0.39 is 0 Å². The van der Waals surface area contributed by atoms with Gasteiger partial charge < -0.3 is 10.1 Å². The molecule has 1 amide bonds. The van der Waals surface area contributed by atoms with Gasteiger partial charge in [-0.25, -0.2) is 0 Å². The van der Waals surface area contributed by atoms with E-state index in [1.165, 1.54) is 10.4 Å². The Morgan fingerprint density at radius 2 is 1.85 bits per heavy atom. The van der Waals surface area contributed by atoms with Crippen LogP contribution >= 0.6 is 0 Å². The highest BCUT2D eigenvalue weighted by Gasteiger charge is 2.17. The Morgan fingerprint density at radius 3 is 2.59 bits per heavy atom. The first-order valence-electron chi connectivity index (χ1n) is 8.84. The molecule has 0 radical (unpaired) electrons. The summed E-state index contributed by atoms with van der Waals surface area (Å²) in [5.74, 6) is -0.236. The van der Waals surface area contributed by atoms with Crippen LogP contribution in [0, 0.1) is 20.8 Å². The number of nitrogens with zero attached hydrogens (tertiary/aromatic N) is 3. The summed E-state index contributed by atoms with van der Waals surface area (Å²) in [5, 5.41) is 11.7. The number of nitrogens with one attached hydrogen (secondary N) is 1. The van der Waals surface area contributed by atoms with Gasteiger partial charge in [0.15, 0.2) is 5.69 Å². The fourth-order valence-electron chi connectivity index (χ4n) is 2.99. The van der Waals surface area contributed by atoms with Crippen LogP contribution < -0.4 is 5.32 Å². The highest BCUT2D eigenvalue weighted by atomic mass is 16.5. The van der Waals surface area contributed by atoms with Crippen molar-refractivity contribution in [3.63, 3.8) is 0 Å². The van der Waals surface area contributed by atoms with Crippen LogP contribution in [0.5, 0.6) is 0 Å². The van der Waals surface area contributed by atoms with Gasteiger partial charge in [0.1, 0.15) is 0 Å². The molecule has 0 bridgehead atoms. The van der Waals surface area contributed by atoms with Crippen LogP contribution in [0.25, 0.3) is 5.69 Å². The second-order valence-electron chi connectivity index (χ2n) is 6.65. The lowest BCUT2D eigenvalue weighted by atomic mass is 10.1. The predicted molar refractivity (Wildman–Crippen MR) is 104 cm³/mol. The Labute approximate surface area is 159 Å². The largest absolute Gasteiger partial charge is 0.380 e. The monoisotopic (exact) mass is 364 g/mol. The standard InChI is InChI=1S/C21H24N4O2/c1-14-8-9-19(15(2)10-14)25-23-16(3)20(24-25)21(26)22-12-17-6-5-7-18(11-17)13-27-4/h5-11H,12-13H2,1-4H3,(H,22,26). The molecule has 1 aromatic heterocycles. The molecule has 6 nitrogen and oxygen atoms in total. The van der Waals surface area contributed by atoms with Gasteiger partial charge in [-0.05, 0) is 43.5 Å². The maximum Gasteiger partial charge on any atom is 0.274 e. The summed E-state index contributed by atoms with van der Waals surface area (Å²) < 4.78 is 5.15. The van der Waals surface area contributed by atoms with Crippen LogP contribution in [-0.2, 0) is 17.9 Å². The molecule has 0 aliphatic rings. The molecule has 0 aliphatic heterocycles. The molecule has 6 heteroatoms. The molecule has 3 rings (SSSR count). The van der Waals surface area contributed by atoms with Crippen molar-refractivity contribution in [2.45, 2.75) is 33.9 Å². The van der Waals surface area contributed by atoms with E-state index >= 15 is 0 Å². The van der Waals surface area contributed by atoms with Crippen molar-refractivity contribution in [3.05, 3.63) is 76.1 Å². The minimum atomic E-state index is -0.236. The minimum absolute atomic E-state index is 0.236. The highest BCUT2D eigenvalue weighted by Crippen LogP contribution is 2.15.